The predicted molar refractivity (Wildman–Crippen MR) is 91.1 cm³/mol. The molecule has 24 heavy (non-hydrogen) atoms. The zero-order valence-electron chi connectivity index (χ0n) is 13.7. The summed E-state index contributed by atoms with van der Waals surface area (Å²) in [6.45, 7) is 3.53. The summed E-state index contributed by atoms with van der Waals surface area (Å²) in [7, 11) is 0. The van der Waals surface area contributed by atoms with Gasteiger partial charge in [0, 0.05) is 32.1 Å². The summed E-state index contributed by atoms with van der Waals surface area (Å²) in [6, 6.07) is 8.30. The lowest BCUT2D eigenvalue weighted by molar-refractivity contribution is -0.126. The van der Waals surface area contributed by atoms with E-state index in [-0.39, 0.29) is 17.7 Å². The molecule has 3 fully saturated rings. The Morgan fingerprint density at radius 3 is 2.54 bits per heavy atom. The first-order chi connectivity index (χ1) is 11.7. The molecule has 3 aliphatic rings. The van der Waals surface area contributed by atoms with Crippen LogP contribution >= 0.6 is 0 Å². The van der Waals surface area contributed by atoms with Crippen LogP contribution in [0.5, 0.6) is 0 Å². The maximum absolute atomic E-state index is 12.5. The van der Waals surface area contributed by atoms with Crippen LogP contribution in [0.1, 0.15) is 19.3 Å². The first kappa shape index (κ1) is 15.4. The lowest BCUT2D eigenvalue weighted by Crippen LogP contribution is -2.38. The standard InChI is InChI=1S/C18H23N3O3/c22-17-11-13(18(23)19-14-5-6-14)12-21(17)16-4-2-1-3-15(16)20-7-9-24-10-8-20/h1-4,13-14H,5-12H2,(H,19,23). The van der Waals surface area contributed by atoms with E-state index in [1.807, 2.05) is 24.3 Å². The predicted octanol–water partition coefficient (Wildman–Crippen LogP) is 1.15. The third-order valence-corrected chi connectivity index (χ3v) is 4.94. The molecule has 0 radical (unpaired) electrons. The second kappa shape index (κ2) is 6.43. The van der Waals surface area contributed by atoms with Crippen LogP contribution < -0.4 is 15.1 Å². The number of carbonyl (C=O) groups excluding carboxylic acids is 2. The monoisotopic (exact) mass is 329 g/mol. The molecule has 6 heteroatoms. The number of nitrogens with zero attached hydrogens (tertiary/aromatic N) is 2. The summed E-state index contributed by atoms with van der Waals surface area (Å²) in [5.74, 6) is -0.181. The van der Waals surface area contributed by atoms with Gasteiger partial charge in [-0.2, -0.15) is 0 Å². The maximum Gasteiger partial charge on any atom is 0.227 e. The van der Waals surface area contributed by atoms with E-state index in [0.717, 1.165) is 37.3 Å². The number of amides is 2. The highest BCUT2D eigenvalue weighted by molar-refractivity contribution is 6.02. The summed E-state index contributed by atoms with van der Waals surface area (Å²) in [5.41, 5.74) is 1.96. The van der Waals surface area contributed by atoms with Gasteiger partial charge in [0.1, 0.15) is 0 Å². The van der Waals surface area contributed by atoms with Gasteiger partial charge in [-0.25, -0.2) is 0 Å². The average Bonchev–Trinajstić information content (AvgIpc) is 3.34. The van der Waals surface area contributed by atoms with E-state index in [1.165, 1.54) is 0 Å². The van der Waals surface area contributed by atoms with E-state index in [2.05, 4.69) is 10.2 Å². The Kier molecular flexibility index (Phi) is 4.14. The number of hydrogen-bond donors (Lipinski definition) is 1. The minimum Gasteiger partial charge on any atom is -0.378 e. The molecule has 2 heterocycles. The fourth-order valence-corrected chi connectivity index (χ4v) is 3.43. The molecule has 0 bridgehead atoms. The first-order valence-corrected chi connectivity index (χ1v) is 8.75. The van der Waals surface area contributed by atoms with Crippen LogP contribution in [0.3, 0.4) is 0 Å². The van der Waals surface area contributed by atoms with Crippen LogP contribution in [-0.4, -0.2) is 50.7 Å². The van der Waals surface area contributed by atoms with Gasteiger partial charge in [0.2, 0.25) is 11.8 Å². The lowest BCUT2D eigenvalue weighted by Gasteiger charge is -2.32. The van der Waals surface area contributed by atoms with E-state index in [4.69, 9.17) is 4.74 Å². The molecule has 1 aliphatic carbocycles. The lowest BCUT2D eigenvalue weighted by atomic mass is 10.1. The van der Waals surface area contributed by atoms with Crippen LogP contribution in [0.2, 0.25) is 0 Å². The Morgan fingerprint density at radius 1 is 1.12 bits per heavy atom. The van der Waals surface area contributed by atoms with Crippen molar-refractivity contribution in [3.05, 3.63) is 24.3 Å². The number of hydrogen-bond acceptors (Lipinski definition) is 4. The van der Waals surface area contributed by atoms with Gasteiger partial charge in [0.25, 0.3) is 0 Å². The van der Waals surface area contributed by atoms with E-state index in [1.54, 1.807) is 4.90 Å². The third-order valence-electron chi connectivity index (χ3n) is 4.94. The van der Waals surface area contributed by atoms with E-state index in [0.29, 0.717) is 32.2 Å². The number of anilines is 2. The van der Waals surface area contributed by atoms with Crippen LogP contribution in [-0.2, 0) is 14.3 Å². The van der Waals surface area contributed by atoms with Crippen LogP contribution in [0.25, 0.3) is 0 Å². The number of morpholine rings is 1. The van der Waals surface area contributed by atoms with Gasteiger partial charge in [-0.15, -0.1) is 0 Å². The van der Waals surface area contributed by atoms with Crippen LogP contribution in [0, 0.1) is 5.92 Å². The number of carbonyl (C=O) groups is 2. The molecule has 1 aromatic rings. The summed E-state index contributed by atoms with van der Waals surface area (Å²) < 4.78 is 5.42. The number of benzene rings is 1. The van der Waals surface area contributed by atoms with Gasteiger partial charge in [0.15, 0.2) is 0 Å². The molecule has 4 rings (SSSR count). The molecule has 0 aromatic heterocycles. The van der Waals surface area contributed by atoms with Crippen molar-refractivity contribution in [3.63, 3.8) is 0 Å². The molecule has 1 saturated carbocycles. The highest BCUT2D eigenvalue weighted by Gasteiger charge is 2.38. The Balaban J connectivity index is 1.52. The van der Waals surface area contributed by atoms with E-state index >= 15 is 0 Å². The van der Waals surface area contributed by atoms with Crippen molar-refractivity contribution < 1.29 is 14.3 Å². The molecule has 6 nitrogen and oxygen atoms in total. The quantitative estimate of drug-likeness (QED) is 0.900. The topological polar surface area (TPSA) is 61.9 Å². The summed E-state index contributed by atoms with van der Waals surface area (Å²) in [6.07, 6.45) is 2.43. The molecule has 0 spiro atoms. The van der Waals surface area contributed by atoms with Crippen LogP contribution in [0.4, 0.5) is 11.4 Å². The second-order valence-corrected chi connectivity index (χ2v) is 6.78. The Hall–Kier alpha value is -2.08. The minimum atomic E-state index is -0.240. The first-order valence-electron chi connectivity index (χ1n) is 8.75. The highest BCUT2D eigenvalue weighted by Crippen LogP contribution is 2.34. The molecular weight excluding hydrogens is 306 g/mol. The van der Waals surface area contributed by atoms with Crippen LogP contribution in [0.15, 0.2) is 24.3 Å². The zero-order chi connectivity index (χ0) is 16.5. The normalized spacial score (nSPS) is 24.3. The average molecular weight is 329 g/mol. The molecule has 2 aliphatic heterocycles. The van der Waals surface area contributed by atoms with Crippen molar-refractivity contribution in [2.24, 2.45) is 5.92 Å². The van der Waals surface area contributed by atoms with Gasteiger partial charge >= 0.3 is 0 Å². The molecule has 2 saturated heterocycles. The summed E-state index contributed by atoms with van der Waals surface area (Å²) in [5, 5.41) is 3.02. The van der Waals surface area contributed by atoms with Crippen molar-refractivity contribution in [1.82, 2.24) is 5.32 Å². The fourth-order valence-electron chi connectivity index (χ4n) is 3.43. The van der Waals surface area contributed by atoms with Crippen molar-refractivity contribution in [1.29, 1.82) is 0 Å². The Bertz CT molecular complexity index is 638. The number of para-hydroxylation sites is 2. The van der Waals surface area contributed by atoms with Gasteiger partial charge < -0.3 is 19.9 Å². The number of ether oxygens (including phenoxy) is 1. The SMILES string of the molecule is O=C(NC1CC1)C1CC(=O)N(c2ccccc2N2CCOCC2)C1. The molecule has 2 amide bonds. The maximum atomic E-state index is 12.5. The second-order valence-electron chi connectivity index (χ2n) is 6.78. The molecule has 1 N–H and O–H groups in total. The number of nitrogens with one attached hydrogen (secondary N) is 1. The fraction of sp³-hybridized carbons (Fsp3) is 0.556. The molecule has 1 unspecified atom stereocenters. The van der Waals surface area contributed by atoms with Crippen molar-refractivity contribution in [2.45, 2.75) is 25.3 Å². The van der Waals surface area contributed by atoms with Crippen molar-refractivity contribution in [2.75, 3.05) is 42.6 Å². The molecule has 1 atom stereocenters. The minimum absolute atomic E-state index is 0.0252. The van der Waals surface area contributed by atoms with Gasteiger partial charge in [-0.1, -0.05) is 12.1 Å². The molecule has 1 aromatic carbocycles. The molecular formula is C18H23N3O3. The van der Waals surface area contributed by atoms with E-state index in [9.17, 15) is 9.59 Å². The highest BCUT2D eigenvalue weighted by atomic mass is 16.5. The molecule has 128 valence electrons. The van der Waals surface area contributed by atoms with Gasteiger partial charge in [-0.3, -0.25) is 9.59 Å². The van der Waals surface area contributed by atoms with Gasteiger partial charge in [0.05, 0.1) is 30.5 Å². The largest absolute Gasteiger partial charge is 0.378 e. The van der Waals surface area contributed by atoms with E-state index < -0.39 is 0 Å². The number of rotatable bonds is 4. The smallest absolute Gasteiger partial charge is 0.227 e. The van der Waals surface area contributed by atoms with Crippen molar-refractivity contribution in [3.8, 4) is 0 Å². The summed E-state index contributed by atoms with van der Waals surface area (Å²) >= 11 is 0. The van der Waals surface area contributed by atoms with Crippen molar-refractivity contribution >= 4 is 23.2 Å². The Morgan fingerprint density at radius 2 is 1.83 bits per heavy atom. The zero-order valence-corrected chi connectivity index (χ0v) is 13.7. The Labute approximate surface area is 141 Å². The summed E-state index contributed by atoms with van der Waals surface area (Å²) in [4.78, 5) is 28.8. The van der Waals surface area contributed by atoms with Gasteiger partial charge in [-0.05, 0) is 25.0 Å². The third kappa shape index (κ3) is 3.11.